The molecule has 3 rings (SSSR count). The lowest BCUT2D eigenvalue weighted by molar-refractivity contribution is -0.0706. The fraction of sp³-hybridized carbons (Fsp3) is 0.667. The molecule has 1 aliphatic heterocycles. The Kier molecular flexibility index (Phi) is 3.98. The molecule has 2 heterocycles. The summed E-state index contributed by atoms with van der Waals surface area (Å²) in [4.78, 5) is 19.4. The third kappa shape index (κ3) is 3.17. The minimum atomic E-state index is 0.0437. The molecule has 0 aromatic carbocycles. The Morgan fingerprint density at radius 3 is 2.64 bits per heavy atom. The fourth-order valence-electron chi connectivity index (χ4n) is 2.94. The van der Waals surface area contributed by atoms with Crippen LogP contribution in [0.1, 0.15) is 61.3 Å². The number of ether oxygens (including phenoxy) is 1. The maximum Gasteiger partial charge on any atom is 0.255 e. The van der Waals surface area contributed by atoms with Crippen molar-refractivity contribution in [1.29, 1.82) is 0 Å². The van der Waals surface area contributed by atoms with Crippen molar-refractivity contribution in [3.05, 3.63) is 29.1 Å². The largest absolute Gasteiger partial charge is 0.374 e. The smallest absolute Gasteiger partial charge is 0.255 e. The third-order valence-corrected chi connectivity index (χ3v) is 4.65. The summed E-state index contributed by atoms with van der Waals surface area (Å²) in [6, 6.07) is 3.99. The van der Waals surface area contributed by atoms with Crippen molar-refractivity contribution in [2.45, 2.75) is 52.6 Å². The van der Waals surface area contributed by atoms with Crippen LogP contribution in [0.4, 0.5) is 0 Å². The highest BCUT2D eigenvalue weighted by Crippen LogP contribution is 2.39. The molecule has 2 fully saturated rings. The molecule has 1 aromatic heterocycles. The number of morpholine rings is 1. The first-order chi connectivity index (χ1) is 10.4. The minimum absolute atomic E-state index is 0.0437. The van der Waals surface area contributed by atoms with Crippen LogP contribution in [-0.4, -0.2) is 41.6 Å². The van der Waals surface area contributed by atoms with Crippen molar-refractivity contribution in [3.63, 3.8) is 0 Å². The molecule has 1 saturated heterocycles. The Balaban J connectivity index is 1.75. The monoisotopic (exact) mass is 302 g/mol. The first kappa shape index (κ1) is 15.5. The quantitative estimate of drug-likeness (QED) is 0.843. The van der Waals surface area contributed by atoms with Gasteiger partial charge in [0.25, 0.3) is 5.91 Å². The molecular formula is C18H26N2O2. The highest BCUT2D eigenvalue weighted by molar-refractivity contribution is 5.95. The zero-order valence-corrected chi connectivity index (χ0v) is 14.1. The number of rotatable bonds is 2. The van der Waals surface area contributed by atoms with Gasteiger partial charge in [-0.05, 0) is 37.3 Å². The molecule has 1 aliphatic carbocycles. The molecule has 22 heavy (non-hydrogen) atoms. The average molecular weight is 302 g/mol. The van der Waals surface area contributed by atoms with Crippen LogP contribution < -0.4 is 0 Å². The number of nitrogens with zero attached hydrogens (tertiary/aromatic N) is 2. The standard InChI is InChI=1S/C18H26N2O2/c1-12-14(7-8-15(19-12)13-5-6-13)17(21)20-9-10-22-16(11-20)18(2,3)4/h7-8,13,16H,5-6,9-11H2,1-4H3. The number of hydrogen-bond donors (Lipinski definition) is 0. The Morgan fingerprint density at radius 2 is 2.05 bits per heavy atom. The number of hydrogen-bond acceptors (Lipinski definition) is 3. The molecule has 1 amide bonds. The third-order valence-electron chi connectivity index (χ3n) is 4.65. The Labute approximate surface area is 132 Å². The minimum Gasteiger partial charge on any atom is -0.374 e. The molecule has 0 bridgehead atoms. The van der Waals surface area contributed by atoms with Crippen LogP contribution in [0.2, 0.25) is 0 Å². The van der Waals surface area contributed by atoms with Gasteiger partial charge in [-0.15, -0.1) is 0 Å². The average Bonchev–Trinajstić information content (AvgIpc) is 3.30. The topological polar surface area (TPSA) is 42.4 Å². The van der Waals surface area contributed by atoms with Crippen molar-refractivity contribution in [1.82, 2.24) is 9.88 Å². The molecule has 120 valence electrons. The number of amides is 1. The molecule has 1 unspecified atom stereocenters. The van der Waals surface area contributed by atoms with E-state index in [1.54, 1.807) is 0 Å². The number of carbonyl (C=O) groups is 1. The van der Waals surface area contributed by atoms with Crippen LogP contribution in [0.3, 0.4) is 0 Å². The molecule has 1 saturated carbocycles. The first-order valence-corrected chi connectivity index (χ1v) is 8.24. The second-order valence-electron chi connectivity index (χ2n) is 7.62. The number of pyridine rings is 1. The zero-order valence-electron chi connectivity index (χ0n) is 14.1. The van der Waals surface area contributed by atoms with Crippen molar-refractivity contribution in [3.8, 4) is 0 Å². The van der Waals surface area contributed by atoms with Gasteiger partial charge in [0.15, 0.2) is 0 Å². The Hall–Kier alpha value is -1.42. The van der Waals surface area contributed by atoms with Crippen LogP contribution in [0, 0.1) is 12.3 Å². The molecule has 4 nitrogen and oxygen atoms in total. The molecule has 0 N–H and O–H groups in total. The van der Waals surface area contributed by atoms with Gasteiger partial charge in [-0.3, -0.25) is 9.78 Å². The van der Waals surface area contributed by atoms with Crippen molar-refractivity contribution >= 4 is 5.91 Å². The van der Waals surface area contributed by atoms with Gasteiger partial charge in [-0.2, -0.15) is 0 Å². The van der Waals surface area contributed by atoms with E-state index in [1.807, 2.05) is 24.0 Å². The number of aryl methyl sites for hydroxylation is 1. The van der Waals surface area contributed by atoms with Gasteiger partial charge in [0.2, 0.25) is 0 Å². The maximum absolute atomic E-state index is 12.8. The maximum atomic E-state index is 12.8. The highest BCUT2D eigenvalue weighted by atomic mass is 16.5. The van der Waals surface area contributed by atoms with Gasteiger partial charge in [0, 0.05) is 24.7 Å². The number of aromatic nitrogens is 1. The van der Waals surface area contributed by atoms with Crippen molar-refractivity contribution in [2.75, 3.05) is 19.7 Å². The van der Waals surface area contributed by atoms with E-state index < -0.39 is 0 Å². The second kappa shape index (κ2) is 5.65. The van der Waals surface area contributed by atoms with E-state index in [1.165, 1.54) is 12.8 Å². The van der Waals surface area contributed by atoms with Crippen molar-refractivity contribution in [2.24, 2.45) is 5.41 Å². The van der Waals surface area contributed by atoms with E-state index in [9.17, 15) is 4.79 Å². The van der Waals surface area contributed by atoms with Crippen LogP contribution in [0.5, 0.6) is 0 Å². The van der Waals surface area contributed by atoms with E-state index >= 15 is 0 Å². The Morgan fingerprint density at radius 1 is 1.32 bits per heavy atom. The van der Waals surface area contributed by atoms with Gasteiger partial charge in [0.1, 0.15) is 0 Å². The molecule has 0 spiro atoms. The summed E-state index contributed by atoms with van der Waals surface area (Å²) in [6.45, 7) is 10.3. The molecule has 2 aliphatic rings. The summed E-state index contributed by atoms with van der Waals surface area (Å²) in [7, 11) is 0. The van der Waals surface area contributed by atoms with E-state index in [0.717, 1.165) is 17.0 Å². The van der Waals surface area contributed by atoms with Gasteiger partial charge in [-0.1, -0.05) is 20.8 Å². The van der Waals surface area contributed by atoms with Gasteiger partial charge in [-0.25, -0.2) is 0 Å². The van der Waals surface area contributed by atoms with Gasteiger partial charge < -0.3 is 9.64 Å². The molecular weight excluding hydrogens is 276 g/mol. The summed E-state index contributed by atoms with van der Waals surface area (Å²) in [6.07, 6.45) is 2.55. The summed E-state index contributed by atoms with van der Waals surface area (Å²) >= 11 is 0. The van der Waals surface area contributed by atoms with E-state index in [0.29, 0.717) is 25.6 Å². The van der Waals surface area contributed by atoms with Crippen molar-refractivity contribution < 1.29 is 9.53 Å². The van der Waals surface area contributed by atoms with E-state index in [2.05, 4.69) is 25.8 Å². The first-order valence-electron chi connectivity index (χ1n) is 8.24. The normalized spacial score (nSPS) is 22.7. The fourth-order valence-corrected chi connectivity index (χ4v) is 2.94. The Bertz CT molecular complexity index is 573. The lowest BCUT2D eigenvalue weighted by atomic mass is 9.88. The molecule has 1 aromatic rings. The van der Waals surface area contributed by atoms with Gasteiger partial charge in [0.05, 0.1) is 24.0 Å². The SMILES string of the molecule is Cc1nc(C2CC2)ccc1C(=O)N1CCOC(C(C)(C)C)C1. The molecule has 1 atom stereocenters. The predicted molar refractivity (Wildman–Crippen MR) is 86.0 cm³/mol. The second-order valence-corrected chi connectivity index (χ2v) is 7.62. The highest BCUT2D eigenvalue weighted by Gasteiger charge is 2.33. The lowest BCUT2D eigenvalue weighted by Gasteiger charge is -2.39. The summed E-state index contributed by atoms with van der Waals surface area (Å²) in [5, 5.41) is 0. The summed E-state index contributed by atoms with van der Waals surface area (Å²) in [5.74, 6) is 0.710. The summed E-state index contributed by atoms with van der Waals surface area (Å²) in [5.41, 5.74) is 2.78. The lowest BCUT2D eigenvalue weighted by Crippen LogP contribution is -2.50. The number of carbonyl (C=O) groups excluding carboxylic acids is 1. The van der Waals surface area contributed by atoms with Crippen LogP contribution in [0.15, 0.2) is 12.1 Å². The van der Waals surface area contributed by atoms with Gasteiger partial charge >= 0.3 is 0 Å². The zero-order chi connectivity index (χ0) is 15.9. The predicted octanol–water partition coefficient (Wildman–Crippen LogP) is 3.15. The van der Waals surface area contributed by atoms with Crippen LogP contribution in [0.25, 0.3) is 0 Å². The van der Waals surface area contributed by atoms with Crippen LogP contribution >= 0.6 is 0 Å². The summed E-state index contributed by atoms with van der Waals surface area (Å²) < 4.78 is 5.84. The molecule has 4 heteroatoms. The van der Waals surface area contributed by atoms with Crippen LogP contribution in [-0.2, 0) is 4.74 Å². The van der Waals surface area contributed by atoms with E-state index in [-0.39, 0.29) is 17.4 Å². The molecule has 0 radical (unpaired) electrons. The van der Waals surface area contributed by atoms with E-state index in [4.69, 9.17) is 4.74 Å².